The largest absolute Gasteiger partial charge is 0.472 e. The van der Waals surface area contributed by atoms with Crippen molar-refractivity contribution in [3.63, 3.8) is 0 Å². The van der Waals surface area contributed by atoms with E-state index in [0.29, 0.717) is 6.42 Å². The molecule has 0 bridgehead atoms. The lowest BCUT2D eigenvalue weighted by atomic mass is 10.0. The number of rotatable bonds is 38. The molecule has 0 aromatic rings. The lowest BCUT2D eigenvalue weighted by molar-refractivity contribution is -0.123. The molecule has 48 heavy (non-hydrogen) atoms. The third-order valence-corrected chi connectivity index (χ3v) is 10.1. The fourth-order valence-corrected chi connectivity index (χ4v) is 6.77. The molecule has 5 N–H and O–H groups in total. The molecule has 0 heterocycles. The number of carbonyl (C=O) groups is 1. The maximum absolute atomic E-state index is 12.7. The number of unbranched alkanes of at least 4 members (excludes halogenated alkanes) is 26. The van der Waals surface area contributed by atoms with Gasteiger partial charge in [-0.1, -0.05) is 187 Å². The minimum Gasteiger partial charge on any atom is -0.387 e. The molecule has 286 valence electrons. The predicted molar refractivity (Wildman–Crippen MR) is 203 cm³/mol. The highest BCUT2D eigenvalue weighted by Crippen LogP contribution is 2.43. The van der Waals surface area contributed by atoms with Crippen LogP contribution in [-0.2, 0) is 18.4 Å². The number of phosphoric acid groups is 1. The summed E-state index contributed by atoms with van der Waals surface area (Å²) >= 11 is 0. The summed E-state index contributed by atoms with van der Waals surface area (Å²) in [6.07, 6.45) is 38.2. The third kappa shape index (κ3) is 33.7. The molecule has 0 spiro atoms. The fraction of sp³-hybridized carbons (Fsp3) is 0.923. The van der Waals surface area contributed by atoms with Crippen LogP contribution in [0.3, 0.4) is 0 Å². The van der Waals surface area contributed by atoms with E-state index in [1.807, 2.05) is 6.08 Å². The average molecular weight is 703 g/mol. The zero-order valence-electron chi connectivity index (χ0n) is 31.5. The Bertz CT molecular complexity index is 769. The molecule has 0 aliphatic rings. The highest BCUT2D eigenvalue weighted by Gasteiger charge is 2.26. The monoisotopic (exact) mass is 703 g/mol. The number of nitrogens with one attached hydrogen (secondary N) is 1. The van der Waals surface area contributed by atoms with Gasteiger partial charge in [0.2, 0.25) is 5.91 Å². The molecular formula is C39H79N2O6P. The summed E-state index contributed by atoms with van der Waals surface area (Å²) in [5.41, 5.74) is 5.36. The van der Waals surface area contributed by atoms with Gasteiger partial charge in [0, 0.05) is 13.0 Å². The highest BCUT2D eigenvalue weighted by molar-refractivity contribution is 7.47. The van der Waals surface area contributed by atoms with E-state index in [1.165, 1.54) is 141 Å². The quantitative estimate of drug-likeness (QED) is 0.0286. The molecule has 0 aromatic carbocycles. The summed E-state index contributed by atoms with van der Waals surface area (Å²) in [5, 5.41) is 13.6. The third-order valence-electron chi connectivity index (χ3n) is 9.11. The molecule has 0 aliphatic heterocycles. The highest BCUT2D eigenvalue weighted by atomic mass is 31.2. The van der Waals surface area contributed by atoms with Crippen molar-refractivity contribution < 1.29 is 28.4 Å². The minimum atomic E-state index is -4.33. The predicted octanol–water partition coefficient (Wildman–Crippen LogP) is 10.8. The Balaban J connectivity index is 4.20. The first kappa shape index (κ1) is 47.2. The van der Waals surface area contributed by atoms with Gasteiger partial charge >= 0.3 is 7.82 Å². The molecule has 0 fully saturated rings. The first-order valence-electron chi connectivity index (χ1n) is 20.3. The molecule has 0 saturated heterocycles. The summed E-state index contributed by atoms with van der Waals surface area (Å²) in [4.78, 5) is 22.6. The number of carbonyl (C=O) groups excluding carboxylic acids is 1. The Morgan fingerprint density at radius 2 is 1.06 bits per heavy atom. The average Bonchev–Trinajstić information content (AvgIpc) is 3.07. The van der Waals surface area contributed by atoms with E-state index < -0.39 is 20.0 Å². The van der Waals surface area contributed by atoms with E-state index in [0.717, 1.165) is 38.5 Å². The van der Waals surface area contributed by atoms with Crippen LogP contribution in [0.5, 0.6) is 0 Å². The molecular weight excluding hydrogens is 623 g/mol. The van der Waals surface area contributed by atoms with E-state index >= 15 is 0 Å². The fourth-order valence-electron chi connectivity index (χ4n) is 6.01. The first-order chi connectivity index (χ1) is 23.4. The SMILES string of the molecule is CCCCCCCCCCCC/C=C/[C@@H](O)[C@H](COP(=O)(O)OCCN)NC(=O)CCCCCCCCCCCCCCCCCCC. The van der Waals surface area contributed by atoms with Crippen LogP contribution in [0, 0.1) is 0 Å². The molecule has 9 heteroatoms. The number of phosphoric ester groups is 1. The second-order valence-electron chi connectivity index (χ2n) is 13.9. The van der Waals surface area contributed by atoms with E-state index in [4.69, 9.17) is 14.8 Å². The van der Waals surface area contributed by atoms with E-state index in [1.54, 1.807) is 6.08 Å². The van der Waals surface area contributed by atoms with Gasteiger partial charge in [0.15, 0.2) is 0 Å². The van der Waals surface area contributed by atoms with Gasteiger partial charge in [0.25, 0.3) is 0 Å². The second kappa shape index (κ2) is 36.0. The zero-order chi connectivity index (χ0) is 35.4. The molecule has 3 atom stereocenters. The number of nitrogens with two attached hydrogens (primary N) is 1. The van der Waals surface area contributed by atoms with Gasteiger partial charge in [-0.2, -0.15) is 0 Å². The minimum absolute atomic E-state index is 0.0811. The molecule has 0 saturated carbocycles. The maximum Gasteiger partial charge on any atom is 0.472 e. The van der Waals surface area contributed by atoms with Gasteiger partial charge < -0.3 is 21.1 Å². The van der Waals surface area contributed by atoms with Crippen molar-refractivity contribution in [2.24, 2.45) is 5.73 Å². The molecule has 0 radical (unpaired) electrons. The van der Waals surface area contributed by atoms with Crippen molar-refractivity contribution in [2.45, 2.75) is 212 Å². The Morgan fingerprint density at radius 1 is 0.667 bits per heavy atom. The number of aliphatic hydroxyl groups is 1. The lowest BCUT2D eigenvalue weighted by Crippen LogP contribution is -2.45. The van der Waals surface area contributed by atoms with Crippen molar-refractivity contribution in [2.75, 3.05) is 19.8 Å². The van der Waals surface area contributed by atoms with Crippen molar-refractivity contribution in [3.05, 3.63) is 12.2 Å². The van der Waals surface area contributed by atoms with Crippen molar-refractivity contribution in [1.82, 2.24) is 5.32 Å². The standard InChI is InChI=1S/C39H79N2O6P/c1-3-5-7-9-11-13-15-17-18-19-20-21-23-25-27-29-31-33-39(43)41-37(36-47-48(44,45)46-35-34-40)38(42)32-30-28-26-24-22-16-14-12-10-8-6-4-2/h30,32,37-38,42H,3-29,31,33-36,40H2,1-2H3,(H,41,43)(H,44,45)/b32-30+/t37-,38+/m0/s1. The first-order valence-corrected chi connectivity index (χ1v) is 21.8. The van der Waals surface area contributed by atoms with Crippen LogP contribution < -0.4 is 11.1 Å². The van der Waals surface area contributed by atoms with Crippen LogP contribution >= 0.6 is 7.82 Å². The number of amides is 1. The van der Waals surface area contributed by atoms with Gasteiger partial charge in [0.1, 0.15) is 0 Å². The van der Waals surface area contributed by atoms with Crippen molar-refractivity contribution >= 4 is 13.7 Å². The molecule has 8 nitrogen and oxygen atoms in total. The topological polar surface area (TPSA) is 131 Å². The summed E-state index contributed by atoms with van der Waals surface area (Å²) in [6, 6.07) is -0.853. The van der Waals surface area contributed by atoms with Crippen LogP contribution in [0.15, 0.2) is 12.2 Å². The number of hydrogen-bond acceptors (Lipinski definition) is 6. The second-order valence-corrected chi connectivity index (χ2v) is 15.3. The van der Waals surface area contributed by atoms with Crippen LogP contribution in [-0.4, -0.2) is 47.8 Å². The number of aliphatic hydroxyl groups excluding tert-OH is 1. The van der Waals surface area contributed by atoms with Crippen LogP contribution in [0.4, 0.5) is 0 Å². The molecule has 1 unspecified atom stereocenters. The van der Waals surface area contributed by atoms with Crippen molar-refractivity contribution in [1.29, 1.82) is 0 Å². The summed E-state index contributed by atoms with van der Waals surface area (Å²) in [5.74, 6) is -0.192. The lowest BCUT2D eigenvalue weighted by Gasteiger charge is -2.23. The van der Waals surface area contributed by atoms with Gasteiger partial charge in [-0.3, -0.25) is 13.8 Å². The van der Waals surface area contributed by atoms with Crippen LogP contribution in [0.25, 0.3) is 0 Å². The normalized spacial score (nSPS) is 14.4. The van der Waals surface area contributed by atoms with Gasteiger partial charge in [-0.15, -0.1) is 0 Å². The molecule has 0 aromatic heterocycles. The number of allylic oxidation sites excluding steroid dienone is 1. The van der Waals surface area contributed by atoms with Gasteiger partial charge in [-0.25, -0.2) is 4.57 Å². The summed E-state index contributed by atoms with van der Waals surface area (Å²) in [6.45, 7) is 4.14. The van der Waals surface area contributed by atoms with Crippen molar-refractivity contribution in [3.8, 4) is 0 Å². The van der Waals surface area contributed by atoms with E-state index in [-0.39, 0.29) is 25.7 Å². The molecule has 1 amide bonds. The summed E-state index contributed by atoms with van der Waals surface area (Å²) < 4.78 is 22.0. The van der Waals surface area contributed by atoms with E-state index in [2.05, 4.69) is 19.2 Å². The maximum atomic E-state index is 12.7. The van der Waals surface area contributed by atoms with Crippen LogP contribution in [0.2, 0.25) is 0 Å². The zero-order valence-corrected chi connectivity index (χ0v) is 32.4. The smallest absolute Gasteiger partial charge is 0.387 e. The van der Waals surface area contributed by atoms with Crippen LogP contribution in [0.1, 0.15) is 200 Å². The Kier molecular flexibility index (Phi) is 35.5. The molecule has 0 aliphatic carbocycles. The van der Waals surface area contributed by atoms with E-state index in [9.17, 15) is 19.4 Å². The Morgan fingerprint density at radius 3 is 1.48 bits per heavy atom. The van der Waals surface area contributed by atoms with Gasteiger partial charge in [0.05, 0.1) is 25.4 Å². The van der Waals surface area contributed by atoms with Gasteiger partial charge in [-0.05, 0) is 19.3 Å². The number of hydrogen-bond donors (Lipinski definition) is 4. The Labute approximate surface area is 296 Å². The Hall–Kier alpha value is -0.760. The summed E-state index contributed by atoms with van der Waals surface area (Å²) in [7, 11) is -4.33. The molecule has 0 rings (SSSR count).